The SMILES string of the molecule is CN(Cc1cccnc1)[C@H]1COC2(CCN(CC3CCOCC3)CC2)C1. The first-order valence-corrected chi connectivity index (χ1v) is 10.3. The zero-order valence-electron chi connectivity index (χ0n) is 16.1. The summed E-state index contributed by atoms with van der Waals surface area (Å²) in [6, 6.07) is 4.70. The van der Waals surface area contributed by atoms with E-state index in [4.69, 9.17) is 9.47 Å². The molecule has 3 aliphatic rings. The first kappa shape index (κ1) is 18.4. The molecule has 0 saturated carbocycles. The molecular formula is C21H33N3O2. The van der Waals surface area contributed by atoms with Crippen molar-refractivity contribution in [2.75, 3.05) is 46.5 Å². The van der Waals surface area contributed by atoms with E-state index in [1.165, 1.54) is 57.3 Å². The van der Waals surface area contributed by atoms with Gasteiger partial charge in [-0.1, -0.05) is 6.07 Å². The van der Waals surface area contributed by atoms with E-state index >= 15 is 0 Å². The molecule has 1 aromatic heterocycles. The fraction of sp³-hybridized carbons (Fsp3) is 0.762. The zero-order chi connectivity index (χ0) is 17.8. The molecule has 0 N–H and O–H groups in total. The highest BCUT2D eigenvalue weighted by Crippen LogP contribution is 2.38. The van der Waals surface area contributed by atoms with Crippen LogP contribution in [0.15, 0.2) is 24.5 Å². The summed E-state index contributed by atoms with van der Waals surface area (Å²) in [5, 5.41) is 0. The topological polar surface area (TPSA) is 37.8 Å². The second kappa shape index (κ2) is 8.34. The summed E-state index contributed by atoms with van der Waals surface area (Å²) in [5.74, 6) is 0.834. The molecule has 0 amide bonds. The molecule has 0 aromatic carbocycles. The number of hydrogen-bond acceptors (Lipinski definition) is 5. The third-order valence-corrected chi connectivity index (χ3v) is 6.59. The molecule has 4 rings (SSSR count). The van der Waals surface area contributed by atoms with Crippen molar-refractivity contribution in [2.24, 2.45) is 5.92 Å². The van der Waals surface area contributed by atoms with Gasteiger partial charge < -0.3 is 14.4 Å². The largest absolute Gasteiger partial charge is 0.381 e. The van der Waals surface area contributed by atoms with Crippen LogP contribution in [0.3, 0.4) is 0 Å². The number of ether oxygens (including phenoxy) is 2. The monoisotopic (exact) mass is 359 g/mol. The number of likely N-dealkylation sites (tertiary alicyclic amines) is 1. The maximum absolute atomic E-state index is 6.39. The van der Waals surface area contributed by atoms with Gasteiger partial charge in [0.2, 0.25) is 0 Å². The van der Waals surface area contributed by atoms with E-state index in [1.54, 1.807) is 0 Å². The van der Waals surface area contributed by atoms with Crippen molar-refractivity contribution in [2.45, 2.75) is 50.3 Å². The highest BCUT2D eigenvalue weighted by molar-refractivity contribution is 5.08. The molecule has 0 radical (unpaired) electrons. The molecule has 3 aliphatic heterocycles. The fourth-order valence-corrected chi connectivity index (χ4v) is 4.80. The van der Waals surface area contributed by atoms with Gasteiger partial charge in [0.15, 0.2) is 0 Å². The van der Waals surface area contributed by atoms with Crippen LogP contribution in [-0.2, 0) is 16.0 Å². The van der Waals surface area contributed by atoms with Crippen molar-refractivity contribution in [3.8, 4) is 0 Å². The Bertz CT molecular complexity index is 554. The van der Waals surface area contributed by atoms with E-state index < -0.39 is 0 Å². The standard InChI is InChI=1S/C21H33N3O2/c1-23(15-19-3-2-8-22-14-19)20-13-21(26-17-20)6-9-24(10-7-21)16-18-4-11-25-12-5-18/h2-3,8,14,18,20H,4-7,9-13,15-17H2,1H3/t20-/m1/s1. The van der Waals surface area contributed by atoms with Crippen molar-refractivity contribution in [1.82, 2.24) is 14.8 Å². The summed E-state index contributed by atoms with van der Waals surface area (Å²) in [7, 11) is 2.22. The van der Waals surface area contributed by atoms with E-state index in [-0.39, 0.29) is 5.60 Å². The fourth-order valence-electron chi connectivity index (χ4n) is 4.80. The highest BCUT2D eigenvalue weighted by atomic mass is 16.5. The normalized spacial score (nSPS) is 27.4. The Balaban J connectivity index is 1.24. The van der Waals surface area contributed by atoms with Gasteiger partial charge in [0.25, 0.3) is 0 Å². The molecule has 0 aliphatic carbocycles. The van der Waals surface area contributed by atoms with E-state index in [0.29, 0.717) is 6.04 Å². The van der Waals surface area contributed by atoms with E-state index in [9.17, 15) is 0 Å². The van der Waals surface area contributed by atoms with Crippen molar-refractivity contribution < 1.29 is 9.47 Å². The molecule has 0 bridgehead atoms. The van der Waals surface area contributed by atoms with Crippen LogP contribution < -0.4 is 0 Å². The van der Waals surface area contributed by atoms with Gasteiger partial charge in [-0.3, -0.25) is 9.88 Å². The summed E-state index contributed by atoms with van der Waals surface area (Å²) in [6.07, 6.45) is 9.83. The molecule has 0 unspecified atom stereocenters. The van der Waals surface area contributed by atoms with Crippen LogP contribution in [0.25, 0.3) is 0 Å². The first-order valence-electron chi connectivity index (χ1n) is 10.3. The number of pyridine rings is 1. The molecule has 4 heterocycles. The summed E-state index contributed by atoms with van der Waals surface area (Å²) in [4.78, 5) is 9.34. The van der Waals surface area contributed by atoms with Crippen LogP contribution >= 0.6 is 0 Å². The maximum Gasteiger partial charge on any atom is 0.0723 e. The van der Waals surface area contributed by atoms with Gasteiger partial charge in [-0.05, 0) is 56.7 Å². The minimum Gasteiger partial charge on any atom is -0.381 e. The molecule has 3 fully saturated rings. The van der Waals surface area contributed by atoms with E-state index in [0.717, 1.165) is 32.3 Å². The Hall–Kier alpha value is -1.01. The molecule has 3 saturated heterocycles. The van der Waals surface area contributed by atoms with Gasteiger partial charge in [0.1, 0.15) is 0 Å². The van der Waals surface area contributed by atoms with E-state index in [2.05, 4.69) is 27.9 Å². The van der Waals surface area contributed by atoms with Crippen molar-refractivity contribution in [1.29, 1.82) is 0 Å². The summed E-state index contributed by atoms with van der Waals surface area (Å²) in [5.41, 5.74) is 1.40. The predicted octanol–water partition coefficient (Wildman–Crippen LogP) is 2.56. The molecule has 1 atom stereocenters. The average molecular weight is 360 g/mol. The number of aromatic nitrogens is 1. The lowest BCUT2D eigenvalue weighted by Gasteiger charge is -2.40. The lowest BCUT2D eigenvalue weighted by Crippen LogP contribution is -2.46. The van der Waals surface area contributed by atoms with Crippen LogP contribution in [0.4, 0.5) is 0 Å². The van der Waals surface area contributed by atoms with Gasteiger partial charge in [0.05, 0.1) is 12.2 Å². The van der Waals surface area contributed by atoms with Crippen LogP contribution in [0, 0.1) is 5.92 Å². The predicted molar refractivity (Wildman–Crippen MR) is 102 cm³/mol. The summed E-state index contributed by atoms with van der Waals surface area (Å²) < 4.78 is 11.9. The molecule has 144 valence electrons. The number of piperidine rings is 1. The maximum atomic E-state index is 6.39. The summed E-state index contributed by atoms with van der Waals surface area (Å²) >= 11 is 0. The highest BCUT2D eigenvalue weighted by Gasteiger charge is 2.43. The second-order valence-corrected chi connectivity index (χ2v) is 8.48. The molecule has 1 spiro atoms. The Kier molecular flexibility index (Phi) is 5.89. The average Bonchev–Trinajstić information content (AvgIpc) is 3.10. The third kappa shape index (κ3) is 4.45. The Morgan fingerprint density at radius 2 is 2.08 bits per heavy atom. The Labute approximate surface area is 157 Å². The zero-order valence-corrected chi connectivity index (χ0v) is 16.1. The number of hydrogen-bond donors (Lipinski definition) is 0. The van der Waals surface area contributed by atoms with Crippen molar-refractivity contribution in [3.05, 3.63) is 30.1 Å². The van der Waals surface area contributed by atoms with Crippen molar-refractivity contribution in [3.63, 3.8) is 0 Å². The molecular weight excluding hydrogens is 326 g/mol. The minimum atomic E-state index is 0.125. The van der Waals surface area contributed by atoms with Crippen molar-refractivity contribution >= 4 is 0 Å². The van der Waals surface area contributed by atoms with Gasteiger partial charge in [-0.15, -0.1) is 0 Å². The minimum absolute atomic E-state index is 0.125. The Morgan fingerprint density at radius 3 is 2.81 bits per heavy atom. The first-order chi connectivity index (χ1) is 12.7. The van der Waals surface area contributed by atoms with E-state index in [1.807, 2.05) is 18.5 Å². The van der Waals surface area contributed by atoms with Gasteiger partial charge >= 0.3 is 0 Å². The molecule has 5 heteroatoms. The van der Waals surface area contributed by atoms with Gasteiger partial charge in [-0.25, -0.2) is 0 Å². The number of rotatable bonds is 5. The van der Waals surface area contributed by atoms with Crippen LogP contribution in [0.5, 0.6) is 0 Å². The smallest absolute Gasteiger partial charge is 0.0723 e. The molecule has 26 heavy (non-hydrogen) atoms. The van der Waals surface area contributed by atoms with Gasteiger partial charge in [0, 0.05) is 57.8 Å². The summed E-state index contributed by atoms with van der Waals surface area (Å²) in [6.45, 7) is 7.37. The number of likely N-dealkylation sites (N-methyl/N-ethyl adjacent to an activating group) is 1. The lowest BCUT2D eigenvalue weighted by molar-refractivity contribution is -0.0490. The van der Waals surface area contributed by atoms with Crippen LogP contribution in [-0.4, -0.2) is 72.9 Å². The molecule has 5 nitrogen and oxygen atoms in total. The van der Waals surface area contributed by atoms with Crippen LogP contribution in [0.2, 0.25) is 0 Å². The molecule has 1 aromatic rings. The lowest BCUT2D eigenvalue weighted by atomic mass is 9.86. The van der Waals surface area contributed by atoms with Crippen LogP contribution in [0.1, 0.15) is 37.7 Å². The quantitative estimate of drug-likeness (QED) is 0.808. The van der Waals surface area contributed by atoms with Gasteiger partial charge in [-0.2, -0.15) is 0 Å². The Morgan fingerprint density at radius 1 is 1.27 bits per heavy atom. The number of nitrogens with zero attached hydrogens (tertiary/aromatic N) is 3. The third-order valence-electron chi connectivity index (χ3n) is 6.59. The second-order valence-electron chi connectivity index (χ2n) is 8.48.